The van der Waals surface area contributed by atoms with Gasteiger partial charge >= 0.3 is 17.9 Å². The number of carbonyl (C=O) groups excluding carboxylic acids is 3. The fraction of sp³-hybridized carbons (Fsp3) is 0.836. The second kappa shape index (κ2) is 50.3. The molecule has 0 radical (unpaired) electrons. The van der Waals surface area contributed by atoms with Crippen LogP contribution in [0.5, 0.6) is 0 Å². The van der Waals surface area contributed by atoms with E-state index in [-0.39, 0.29) is 31.1 Å². The Morgan fingerprint density at radius 1 is 0.328 bits per heavy atom. The Morgan fingerprint density at radius 2 is 0.607 bits per heavy atom. The summed E-state index contributed by atoms with van der Waals surface area (Å²) >= 11 is 0. The molecule has 0 aliphatic heterocycles. The average Bonchev–Trinajstić information content (AvgIpc) is 3.26. The largest absolute Gasteiger partial charge is 0.462 e. The van der Waals surface area contributed by atoms with E-state index in [1.165, 1.54) is 161 Å². The summed E-state index contributed by atoms with van der Waals surface area (Å²) in [7, 11) is 0. The van der Waals surface area contributed by atoms with E-state index in [9.17, 15) is 14.4 Å². The van der Waals surface area contributed by atoms with Crippen molar-refractivity contribution in [1.82, 2.24) is 0 Å². The number of ether oxygens (including phenoxy) is 3. The summed E-state index contributed by atoms with van der Waals surface area (Å²) in [5.74, 6) is -0.881. The number of rotatable bonds is 48. The van der Waals surface area contributed by atoms with E-state index in [0.29, 0.717) is 19.3 Å². The van der Waals surface area contributed by atoms with Crippen LogP contribution in [0.3, 0.4) is 0 Å². The smallest absolute Gasteiger partial charge is 0.306 e. The minimum absolute atomic E-state index is 0.0761. The van der Waals surface area contributed by atoms with Gasteiger partial charge in [0.25, 0.3) is 0 Å². The van der Waals surface area contributed by atoms with Gasteiger partial charge in [0.05, 0.1) is 0 Å². The van der Waals surface area contributed by atoms with Crippen LogP contribution >= 0.6 is 0 Å². The molecule has 0 amide bonds. The molecule has 0 aromatic heterocycles. The van der Waals surface area contributed by atoms with Gasteiger partial charge in [-0.25, -0.2) is 0 Å². The van der Waals surface area contributed by atoms with Gasteiger partial charge in [-0.2, -0.15) is 0 Å². The third-order valence-corrected chi connectivity index (χ3v) is 11.6. The lowest BCUT2D eigenvalue weighted by atomic mass is 10.0. The predicted molar refractivity (Wildman–Crippen MR) is 261 cm³/mol. The molecule has 0 aromatic carbocycles. The molecule has 0 spiro atoms. The van der Waals surface area contributed by atoms with Crippen LogP contribution in [-0.4, -0.2) is 37.2 Å². The van der Waals surface area contributed by atoms with Crippen molar-refractivity contribution in [2.24, 2.45) is 0 Å². The highest BCUT2D eigenvalue weighted by Crippen LogP contribution is 2.16. The van der Waals surface area contributed by atoms with Gasteiger partial charge in [-0.1, -0.05) is 224 Å². The van der Waals surface area contributed by atoms with Crippen LogP contribution < -0.4 is 0 Å². The number of esters is 3. The number of allylic oxidation sites excluding steroid dienone is 6. The highest BCUT2D eigenvalue weighted by atomic mass is 16.6. The molecule has 0 aliphatic rings. The molecular formula is C55H100O6. The molecule has 0 saturated carbocycles. The van der Waals surface area contributed by atoms with Crippen LogP contribution in [0, 0.1) is 0 Å². The Labute approximate surface area is 378 Å². The first kappa shape index (κ1) is 58.6. The fourth-order valence-corrected chi connectivity index (χ4v) is 7.57. The van der Waals surface area contributed by atoms with Gasteiger partial charge in [0.2, 0.25) is 0 Å². The first-order valence-corrected chi connectivity index (χ1v) is 26.5. The minimum Gasteiger partial charge on any atom is -0.462 e. The first-order chi connectivity index (χ1) is 30.0. The molecule has 0 bridgehead atoms. The maximum atomic E-state index is 12.8. The normalized spacial score (nSPS) is 12.2. The van der Waals surface area contributed by atoms with E-state index in [1.807, 2.05) is 0 Å². The fourth-order valence-electron chi connectivity index (χ4n) is 7.57. The van der Waals surface area contributed by atoms with Gasteiger partial charge in [0.1, 0.15) is 13.2 Å². The summed E-state index contributed by atoms with van der Waals surface area (Å²) < 4.78 is 16.8. The van der Waals surface area contributed by atoms with Crippen molar-refractivity contribution < 1.29 is 28.6 Å². The number of hydrogen-bond donors (Lipinski definition) is 0. The van der Waals surface area contributed by atoms with Crippen molar-refractivity contribution in [3.8, 4) is 0 Å². The summed E-state index contributed by atoms with van der Waals surface area (Å²) in [6.07, 6.45) is 58.4. The van der Waals surface area contributed by atoms with Crippen LogP contribution in [0.4, 0.5) is 0 Å². The summed E-state index contributed by atoms with van der Waals surface area (Å²) in [6, 6.07) is 0. The minimum atomic E-state index is -0.774. The zero-order valence-electron chi connectivity index (χ0n) is 40.7. The molecule has 0 aliphatic carbocycles. The average molecular weight is 857 g/mol. The van der Waals surface area contributed by atoms with Crippen molar-refractivity contribution in [3.63, 3.8) is 0 Å². The molecule has 1 unspecified atom stereocenters. The zero-order chi connectivity index (χ0) is 44.4. The second-order valence-corrected chi connectivity index (χ2v) is 17.8. The van der Waals surface area contributed by atoms with Crippen molar-refractivity contribution in [2.75, 3.05) is 13.2 Å². The van der Waals surface area contributed by atoms with Crippen molar-refractivity contribution in [1.29, 1.82) is 0 Å². The number of carbonyl (C=O) groups is 3. The first-order valence-electron chi connectivity index (χ1n) is 26.5. The Kier molecular flexibility index (Phi) is 48.3. The van der Waals surface area contributed by atoms with Gasteiger partial charge in [0, 0.05) is 19.3 Å². The molecule has 0 aromatic rings. The molecule has 356 valence electrons. The lowest BCUT2D eigenvalue weighted by molar-refractivity contribution is -0.167. The molecule has 1 atom stereocenters. The zero-order valence-corrected chi connectivity index (χ0v) is 40.7. The van der Waals surface area contributed by atoms with E-state index in [1.54, 1.807) is 0 Å². The van der Waals surface area contributed by atoms with Crippen LogP contribution in [0.1, 0.15) is 278 Å². The van der Waals surface area contributed by atoms with E-state index < -0.39 is 6.10 Å². The highest BCUT2D eigenvalue weighted by Gasteiger charge is 2.19. The lowest BCUT2D eigenvalue weighted by Crippen LogP contribution is -2.30. The maximum Gasteiger partial charge on any atom is 0.306 e. The molecule has 6 heteroatoms. The third-order valence-electron chi connectivity index (χ3n) is 11.6. The van der Waals surface area contributed by atoms with Crippen LogP contribution in [0.2, 0.25) is 0 Å². The summed E-state index contributed by atoms with van der Waals surface area (Å²) in [5.41, 5.74) is 0. The Bertz CT molecular complexity index is 1030. The van der Waals surface area contributed by atoms with E-state index in [2.05, 4.69) is 57.2 Å². The van der Waals surface area contributed by atoms with E-state index >= 15 is 0 Å². The second-order valence-electron chi connectivity index (χ2n) is 17.8. The van der Waals surface area contributed by atoms with Crippen molar-refractivity contribution in [3.05, 3.63) is 36.5 Å². The lowest BCUT2D eigenvalue weighted by Gasteiger charge is -2.18. The quantitative estimate of drug-likeness (QED) is 0.0262. The SMILES string of the molecule is CCCC/C=C\CCCCCCCC(=O)OCC(COC(=O)CCCCCCCCC/C=C\C/C=C\CCCCC)OC(=O)CCCCCCCCCCCCCCCCC. The number of hydrogen-bond acceptors (Lipinski definition) is 6. The molecular weight excluding hydrogens is 757 g/mol. The standard InChI is InChI=1S/C55H100O6/c1-4-7-10-13-16-19-22-24-26-27-29-30-33-36-39-42-45-48-54(57)60-51-52(50-59-53(56)47-44-41-38-35-32-21-18-15-12-9-6-3)61-55(58)49-46-43-40-37-34-31-28-25-23-20-17-14-11-8-5-2/h15-16,18-19,24,26,52H,4-14,17,20-23,25,27-51H2,1-3H3/b18-15-,19-16-,26-24-. The van der Waals surface area contributed by atoms with Crippen molar-refractivity contribution in [2.45, 2.75) is 284 Å². The van der Waals surface area contributed by atoms with Gasteiger partial charge in [-0.3, -0.25) is 14.4 Å². The molecule has 0 N–H and O–H groups in total. The van der Waals surface area contributed by atoms with Crippen LogP contribution in [-0.2, 0) is 28.6 Å². The van der Waals surface area contributed by atoms with E-state index in [0.717, 1.165) is 77.0 Å². The number of unbranched alkanes of at least 4 members (excludes halogenated alkanes) is 31. The third kappa shape index (κ3) is 48.5. The molecule has 0 saturated heterocycles. The Morgan fingerprint density at radius 3 is 1.00 bits per heavy atom. The van der Waals surface area contributed by atoms with Crippen molar-refractivity contribution >= 4 is 17.9 Å². The predicted octanol–water partition coefficient (Wildman–Crippen LogP) is 17.3. The van der Waals surface area contributed by atoms with Gasteiger partial charge in [0.15, 0.2) is 6.10 Å². The van der Waals surface area contributed by atoms with Crippen LogP contribution in [0.25, 0.3) is 0 Å². The topological polar surface area (TPSA) is 78.9 Å². The Hall–Kier alpha value is -2.37. The summed E-state index contributed by atoms with van der Waals surface area (Å²) in [4.78, 5) is 38.0. The molecule has 0 fully saturated rings. The van der Waals surface area contributed by atoms with Gasteiger partial charge in [-0.15, -0.1) is 0 Å². The van der Waals surface area contributed by atoms with Gasteiger partial charge < -0.3 is 14.2 Å². The Balaban J connectivity index is 4.34. The molecule has 0 rings (SSSR count). The molecule has 61 heavy (non-hydrogen) atoms. The molecule has 0 heterocycles. The highest BCUT2D eigenvalue weighted by molar-refractivity contribution is 5.71. The monoisotopic (exact) mass is 857 g/mol. The summed E-state index contributed by atoms with van der Waals surface area (Å²) in [5, 5.41) is 0. The summed E-state index contributed by atoms with van der Waals surface area (Å²) in [6.45, 7) is 6.59. The van der Waals surface area contributed by atoms with Gasteiger partial charge in [-0.05, 0) is 70.6 Å². The maximum absolute atomic E-state index is 12.8. The van der Waals surface area contributed by atoms with E-state index in [4.69, 9.17) is 14.2 Å². The molecule has 6 nitrogen and oxygen atoms in total. The van der Waals surface area contributed by atoms with Crippen LogP contribution in [0.15, 0.2) is 36.5 Å².